The van der Waals surface area contributed by atoms with Crippen LogP contribution in [0.5, 0.6) is 0 Å². The Morgan fingerprint density at radius 1 is 1.25 bits per heavy atom. The number of nitrogens with zero attached hydrogens (tertiary/aromatic N) is 1. The quantitative estimate of drug-likeness (QED) is 0.563. The molecule has 3 rings (SSSR count). The van der Waals surface area contributed by atoms with Crippen molar-refractivity contribution in [1.29, 1.82) is 0 Å². The van der Waals surface area contributed by atoms with Crippen molar-refractivity contribution in [1.82, 2.24) is 15.2 Å². The van der Waals surface area contributed by atoms with Crippen molar-refractivity contribution < 1.29 is 12.8 Å². The van der Waals surface area contributed by atoms with Crippen molar-refractivity contribution in [2.24, 2.45) is 0 Å². The zero-order valence-electron chi connectivity index (χ0n) is 12.7. The number of halogens is 3. The molecule has 2 N–H and O–H groups in total. The van der Waals surface area contributed by atoms with Gasteiger partial charge in [-0.25, -0.2) is 18.8 Å². The molecule has 0 aliphatic heterocycles. The molecule has 5 nitrogen and oxygen atoms in total. The van der Waals surface area contributed by atoms with E-state index in [2.05, 4.69) is 31.2 Å². The topological polar surface area (TPSA) is 71.1 Å². The molecule has 24 heavy (non-hydrogen) atoms. The van der Waals surface area contributed by atoms with Crippen molar-refractivity contribution in [3.05, 3.63) is 33.6 Å². The van der Waals surface area contributed by atoms with Crippen molar-refractivity contribution >= 4 is 48.5 Å². The van der Waals surface area contributed by atoms with Crippen molar-refractivity contribution in [2.45, 2.75) is 43.0 Å². The zero-order valence-corrected chi connectivity index (χ0v) is 15.8. The normalized spacial score (nSPS) is 16.6. The van der Waals surface area contributed by atoms with Gasteiger partial charge in [0.15, 0.2) is 4.90 Å². The third-order valence-electron chi connectivity index (χ3n) is 4.07. The van der Waals surface area contributed by atoms with E-state index in [0.717, 1.165) is 32.1 Å². The molecule has 1 aromatic carbocycles. The maximum absolute atomic E-state index is 14.3. The first-order valence-electron chi connectivity index (χ1n) is 7.60. The molecule has 0 radical (unpaired) electrons. The standard InChI is InChI=1S/C15H16BrClFN3O2S/c16-9-6-7-11-12(8-9)19-15(18)14(13(11)17)24(22,23)21-20-10-4-2-1-3-5-10/h6-8,10,20-21H,1-5H2. The number of sulfonamides is 1. The number of hydrogen-bond donors (Lipinski definition) is 2. The molecule has 1 fully saturated rings. The average molecular weight is 437 g/mol. The highest BCUT2D eigenvalue weighted by Crippen LogP contribution is 2.32. The van der Waals surface area contributed by atoms with Gasteiger partial charge in [-0.05, 0) is 25.0 Å². The van der Waals surface area contributed by atoms with Crippen LogP contribution in [0, 0.1) is 5.95 Å². The summed E-state index contributed by atoms with van der Waals surface area (Å²) in [6.45, 7) is 0. The highest BCUT2D eigenvalue weighted by Gasteiger charge is 2.27. The summed E-state index contributed by atoms with van der Waals surface area (Å²) in [5.74, 6) is -1.12. The van der Waals surface area contributed by atoms with E-state index >= 15 is 0 Å². The Morgan fingerprint density at radius 2 is 1.96 bits per heavy atom. The van der Waals surface area contributed by atoms with Gasteiger partial charge in [-0.15, -0.1) is 4.83 Å². The third-order valence-corrected chi connectivity index (χ3v) is 6.37. The summed E-state index contributed by atoms with van der Waals surface area (Å²) < 4.78 is 40.0. The maximum atomic E-state index is 14.3. The number of rotatable bonds is 4. The van der Waals surface area contributed by atoms with Crippen LogP contribution in [0.15, 0.2) is 27.6 Å². The fourth-order valence-corrected chi connectivity index (χ4v) is 4.77. The monoisotopic (exact) mass is 435 g/mol. The predicted octanol–water partition coefficient (Wildman–Crippen LogP) is 3.91. The van der Waals surface area contributed by atoms with Crippen LogP contribution in [0.2, 0.25) is 5.02 Å². The smallest absolute Gasteiger partial charge is 0.241 e. The summed E-state index contributed by atoms with van der Waals surface area (Å²) in [4.78, 5) is 5.34. The minimum absolute atomic E-state index is 0.0414. The van der Waals surface area contributed by atoms with Crippen LogP contribution in [0.1, 0.15) is 32.1 Å². The first-order valence-corrected chi connectivity index (χ1v) is 10.3. The number of pyridine rings is 1. The van der Waals surface area contributed by atoms with E-state index in [9.17, 15) is 12.8 Å². The van der Waals surface area contributed by atoms with Gasteiger partial charge < -0.3 is 0 Å². The molecule has 9 heteroatoms. The van der Waals surface area contributed by atoms with Crippen LogP contribution in [0.3, 0.4) is 0 Å². The lowest BCUT2D eigenvalue weighted by Gasteiger charge is -2.23. The fraction of sp³-hybridized carbons (Fsp3) is 0.400. The second kappa shape index (κ2) is 7.21. The van der Waals surface area contributed by atoms with Crippen LogP contribution >= 0.6 is 27.5 Å². The SMILES string of the molecule is O=S(=O)(NNC1CCCCC1)c1c(F)nc2cc(Br)ccc2c1Cl. The van der Waals surface area contributed by atoms with Gasteiger partial charge >= 0.3 is 0 Å². The molecule has 1 aliphatic rings. The van der Waals surface area contributed by atoms with Crippen LogP contribution < -0.4 is 10.3 Å². The second-order valence-electron chi connectivity index (χ2n) is 5.79. The minimum Gasteiger partial charge on any atom is -0.241 e. The lowest BCUT2D eigenvalue weighted by molar-refractivity contribution is 0.361. The first kappa shape index (κ1) is 18.0. The Kier molecular flexibility index (Phi) is 5.41. The van der Waals surface area contributed by atoms with Crippen LogP contribution in [0.25, 0.3) is 10.9 Å². The van der Waals surface area contributed by atoms with E-state index in [1.165, 1.54) is 0 Å². The Bertz CT molecular complexity index is 873. The van der Waals surface area contributed by atoms with E-state index in [4.69, 9.17) is 11.6 Å². The number of hydrazine groups is 1. The zero-order chi connectivity index (χ0) is 17.3. The van der Waals surface area contributed by atoms with Gasteiger partial charge in [0, 0.05) is 15.9 Å². The Morgan fingerprint density at radius 3 is 2.67 bits per heavy atom. The lowest BCUT2D eigenvalue weighted by Crippen LogP contribution is -2.45. The van der Waals surface area contributed by atoms with Crippen LogP contribution in [-0.2, 0) is 10.0 Å². The largest absolute Gasteiger partial charge is 0.259 e. The van der Waals surface area contributed by atoms with E-state index < -0.39 is 20.9 Å². The molecular formula is C15H16BrClFN3O2S. The van der Waals surface area contributed by atoms with Gasteiger partial charge in [0.1, 0.15) is 0 Å². The van der Waals surface area contributed by atoms with Gasteiger partial charge in [-0.2, -0.15) is 4.39 Å². The number of aromatic nitrogens is 1. The summed E-state index contributed by atoms with van der Waals surface area (Å²) in [5.41, 5.74) is 3.06. The Balaban J connectivity index is 1.93. The van der Waals surface area contributed by atoms with Crippen LogP contribution in [0.4, 0.5) is 4.39 Å². The summed E-state index contributed by atoms with van der Waals surface area (Å²) in [5, 5.41) is 0.197. The highest BCUT2D eigenvalue weighted by molar-refractivity contribution is 9.10. The molecular weight excluding hydrogens is 421 g/mol. The van der Waals surface area contributed by atoms with Gasteiger partial charge in [0.05, 0.1) is 10.5 Å². The molecule has 1 heterocycles. The summed E-state index contributed by atoms with van der Waals surface area (Å²) >= 11 is 9.43. The second-order valence-corrected chi connectivity index (χ2v) is 8.70. The van der Waals surface area contributed by atoms with Gasteiger partial charge in [-0.1, -0.05) is 52.9 Å². The van der Waals surface area contributed by atoms with Crippen molar-refractivity contribution in [2.75, 3.05) is 0 Å². The van der Waals surface area contributed by atoms with E-state index in [1.54, 1.807) is 18.2 Å². The Labute approximate surface area is 153 Å². The maximum Gasteiger partial charge on any atom is 0.259 e. The highest BCUT2D eigenvalue weighted by atomic mass is 79.9. The third kappa shape index (κ3) is 3.72. The molecule has 1 aromatic heterocycles. The molecule has 2 aromatic rings. The minimum atomic E-state index is -4.16. The fourth-order valence-electron chi connectivity index (χ4n) is 2.84. The van der Waals surface area contributed by atoms with Crippen molar-refractivity contribution in [3.63, 3.8) is 0 Å². The van der Waals surface area contributed by atoms with E-state index in [1.807, 2.05) is 0 Å². The molecule has 1 saturated carbocycles. The summed E-state index contributed by atoms with van der Waals surface area (Å²) in [7, 11) is -4.16. The molecule has 0 atom stereocenters. The molecule has 0 unspecified atom stereocenters. The Hall–Kier alpha value is -0.800. The van der Waals surface area contributed by atoms with Crippen LogP contribution in [-0.4, -0.2) is 19.4 Å². The number of fused-ring (bicyclic) bond motifs is 1. The molecule has 0 saturated heterocycles. The van der Waals surface area contributed by atoms with Crippen molar-refractivity contribution in [3.8, 4) is 0 Å². The molecule has 130 valence electrons. The molecule has 0 spiro atoms. The average Bonchev–Trinajstić information content (AvgIpc) is 2.53. The van der Waals surface area contributed by atoms with Gasteiger partial charge in [0.2, 0.25) is 5.95 Å². The lowest BCUT2D eigenvalue weighted by atomic mass is 9.96. The first-order chi connectivity index (χ1) is 11.4. The van der Waals surface area contributed by atoms with E-state index in [0.29, 0.717) is 9.86 Å². The van der Waals surface area contributed by atoms with E-state index in [-0.39, 0.29) is 16.6 Å². The van der Waals surface area contributed by atoms with Gasteiger partial charge in [0.25, 0.3) is 10.0 Å². The number of benzene rings is 1. The summed E-state index contributed by atoms with van der Waals surface area (Å²) in [6.07, 6.45) is 4.99. The predicted molar refractivity (Wildman–Crippen MR) is 94.7 cm³/mol. The molecule has 1 aliphatic carbocycles. The molecule has 0 bridgehead atoms. The van der Waals surface area contributed by atoms with Gasteiger partial charge in [-0.3, -0.25) is 0 Å². The molecule has 0 amide bonds. The number of hydrogen-bond acceptors (Lipinski definition) is 4. The summed E-state index contributed by atoms with van der Waals surface area (Å²) in [6, 6.07) is 4.91. The number of nitrogens with one attached hydrogen (secondary N) is 2.